The SMILES string of the molecule is [O-2].[O-2].[O-2].[O-2].[Ru+4].[Ru+4]. The van der Waals surface area contributed by atoms with Crippen LogP contribution in [0, 0.1) is 0 Å². The minimum absolute atomic E-state index is 0. The van der Waals surface area contributed by atoms with Gasteiger partial charge in [-0.2, -0.15) is 0 Å². The van der Waals surface area contributed by atoms with Gasteiger partial charge in [0.1, 0.15) is 0 Å². The molecule has 0 unspecified atom stereocenters. The molecule has 0 aromatic carbocycles. The Morgan fingerprint density at radius 2 is 0.333 bits per heavy atom. The predicted molar refractivity (Wildman–Crippen MR) is 2.75 cm³/mol. The van der Waals surface area contributed by atoms with E-state index in [-0.39, 0.29) is 60.9 Å². The molecule has 40 valence electrons. The summed E-state index contributed by atoms with van der Waals surface area (Å²) in [4.78, 5) is 0. The average Bonchev–Trinajstić information content (AvgIpc) is 0. The second-order valence-corrected chi connectivity index (χ2v) is 0. The van der Waals surface area contributed by atoms with Crippen LogP contribution in [0.4, 0.5) is 0 Å². The van der Waals surface area contributed by atoms with Crippen LogP contribution in [-0.4, -0.2) is 0 Å². The molecule has 0 aromatic heterocycles. The molecule has 0 spiro atoms. The van der Waals surface area contributed by atoms with Gasteiger partial charge in [-0.05, 0) is 0 Å². The molecular formula is O4Ru2. The fraction of sp³-hybridized carbons (Fsp3) is 0. The first-order valence-electron chi connectivity index (χ1n) is 0. The van der Waals surface area contributed by atoms with Gasteiger partial charge in [-0.3, -0.25) is 0 Å². The van der Waals surface area contributed by atoms with Crippen molar-refractivity contribution < 1.29 is 60.9 Å². The van der Waals surface area contributed by atoms with Crippen LogP contribution in [0.25, 0.3) is 0 Å². The molecular weight excluding hydrogens is 266 g/mol. The van der Waals surface area contributed by atoms with Crippen LogP contribution < -0.4 is 0 Å². The van der Waals surface area contributed by atoms with Crippen molar-refractivity contribution in [2.45, 2.75) is 0 Å². The van der Waals surface area contributed by atoms with E-state index in [1.807, 2.05) is 0 Å². The normalized spacial score (nSPS) is 0. The minimum atomic E-state index is 0. The maximum Gasteiger partial charge on any atom is 4.00 e. The van der Waals surface area contributed by atoms with Crippen molar-refractivity contribution in [1.29, 1.82) is 0 Å². The van der Waals surface area contributed by atoms with Crippen LogP contribution in [-0.2, 0) is 60.9 Å². The van der Waals surface area contributed by atoms with E-state index in [9.17, 15) is 0 Å². The molecule has 0 saturated heterocycles. The Kier molecular flexibility index (Phi) is 4940. The first kappa shape index (κ1) is 222. The van der Waals surface area contributed by atoms with Crippen molar-refractivity contribution in [3.8, 4) is 0 Å². The Hall–Kier alpha value is 1.09. The van der Waals surface area contributed by atoms with Gasteiger partial charge in [0, 0.05) is 0 Å². The van der Waals surface area contributed by atoms with Crippen molar-refractivity contribution >= 4 is 0 Å². The molecule has 0 bridgehead atoms. The third-order valence-corrected chi connectivity index (χ3v) is 0. The molecule has 0 fully saturated rings. The van der Waals surface area contributed by atoms with Crippen molar-refractivity contribution in [1.82, 2.24) is 0 Å². The van der Waals surface area contributed by atoms with E-state index in [0.717, 1.165) is 0 Å². The number of rotatable bonds is 0. The van der Waals surface area contributed by atoms with Gasteiger partial charge < -0.3 is 21.9 Å². The summed E-state index contributed by atoms with van der Waals surface area (Å²) in [6, 6.07) is 0. The molecule has 0 heterocycles. The third-order valence-electron chi connectivity index (χ3n) is 0. The Morgan fingerprint density at radius 1 is 0.333 bits per heavy atom. The zero-order valence-corrected chi connectivity index (χ0v) is 5.82. The second kappa shape index (κ2) is 133. The van der Waals surface area contributed by atoms with Gasteiger partial charge >= 0.3 is 39.0 Å². The van der Waals surface area contributed by atoms with E-state index < -0.39 is 0 Å². The van der Waals surface area contributed by atoms with E-state index in [1.54, 1.807) is 0 Å². The summed E-state index contributed by atoms with van der Waals surface area (Å²) in [5, 5.41) is 0. The number of hydrogen-bond donors (Lipinski definition) is 0. The molecule has 0 saturated carbocycles. The molecule has 0 N–H and O–H groups in total. The van der Waals surface area contributed by atoms with Crippen molar-refractivity contribution in [3.05, 3.63) is 0 Å². The van der Waals surface area contributed by atoms with Gasteiger partial charge in [0.05, 0.1) is 0 Å². The molecule has 0 rings (SSSR count). The quantitative estimate of drug-likeness (QED) is 0.527. The fourth-order valence-corrected chi connectivity index (χ4v) is 0. The third kappa shape index (κ3) is 71.9. The van der Waals surface area contributed by atoms with Crippen LogP contribution in [0.5, 0.6) is 0 Å². The average molecular weight is 266 g/mol. The van der Waals surface area contributed by atoms with Gasteiger partial charge in [0.2, 0.25) is 0 Å². The molecule has 6 heavy (non-hydrogen) atoms. The summed E-state index contributed by atoms with van der Waals surface area (Å²) in [6.07, 6.45) is 0. The van der Waals surface area contributed by atoms with Gasteiger partial charge in [-0.15, -0.1) is 0 Å². The van der Waals surface area contributed by atoms with E-state index in [1.165, 1.54) is 0 Å². The van der Waals surface area contributed by atoms with E-state index in [4.69, 9.17) is 0 Å². The summed E-state index contributed by atoms with van der Waals surface area (Å²) in [7, 11) is 0. The Morgan fingerprint density at radius 3 is 0.333 bits per heavy atom. The first-order chi connectivity index (χ1) is 0. The van der Waals surface area contributed by atoms with Gasteiger partial charge in [0.25, 0.3) is 0 Å². The molecule has 0 aliphatic rings. The minimum Gasteiger partial charge on any atom is -2.00 e. The Balaban J connectivity index is 0. The largest absolute Gasteiger partial charge is 4.00 e. The molecule has 6 heteroatoms. The van der Waals surface area contributed by atoms with Crippen LogP contribution in [0.15, 0.2) is 0 Å². The predicted octanol–water partition coefficient (Wildman–Crippen LogP) is -0.480. The summed E-state index contributed by atoms with van der Waals surface area (Å²) >= 11 is 0. The summed E-state index contributed by atoms with van der Waals surface area (Å²) in [6.45, 7) is 0. The van der Waals surface area contributed by atoms with Crippen molar-refractivity contribution in [2.24, 2.45) is 0 Å². The molecule has 0 aliphatic carbocycles. The van der Waals surface area contributed by atoms with E-state index >= 15 is 0 Å². The molecule has 4 nitrogen and oxygen atoms in total. The van der Waals surface area contributed by atoms with Gasteiger partial charge in [0.15, 0.2) is 0 Å². The van der Waals surface area contributed by atoms with E-state index in [0.29, 0.717) is 0 Å². The molecule has 0 amide bonds. The second-order valence-electron chi connectivity index (χ2n) is 0. The van der Waals surface area contributed by atoms with Crippen LogP contribution in [0.2, 0.25) is 0 Å². The van der Waals surface area contributed by atoms with Crippen LogP contribution in [0.3, 0.4) is 0 Å². The molecule has 0 aliphatic heterocycles. The van der Waals surface area contributed by atoms with Crippen molar-refractivity contribution in [2.75, 3.05) is 0 Å². The maximum absolute atomic E-state index is 0. The summed E-state index contributed by atoms with van der Waals surface area (Å²) in [5.74, 6) is 0. The van der Waals surface area contributed by atoms with Crippen LogP contribution in [0.1, 0.15) is 0 Å². The zero-order valence-electron chi connectivity index (χ0n) is 2.34. The summed E-state index contributed by atoms with van der Waals surface area (Å²) < 4.78 is 0. The topological polar surface area (TPSA) is 114 Å². The molecule has 0 aromatic rings. The first-order valence-corrected chi connectivity index (χ1v) is 0. The Bertz CT molecular complexity index is 5.51. The smallest absolute Gasteiger partial charge is 2.00 e. The fourth-order valence-electron chi connectivity index (χ4n) is 0. The number of hydrogen-bond acceptors (Lipinski definition) is 0. The summed E-state index contributed by atoms with van der Waals surface area (Å²) in [5.41, 5.74) is 0. The standard InChI is InChI=1S/4O.2Ru/q4*-2;2*+4. The monoisotopic (exact) mass is 268 g/mol. The Labute approximate surface area is 61.1 Å². The van der Waals surface area contributed by atoms with E-state index in [2.05, 4.69) is 0 Å². The van der Waals surface area contributed by atoms with Crippen LogP contribution >= 0.6 is 0 Å². The van der Waals surface area contributed by atoms with Crippen molar-refractivity contribution in [3.63, 3.8) is 0 Å². The molecule has 0 atom stereocenters. The van der Waals surface area contributed by atoms with Gasteiger partial charge in [-0.1, -0.05) is 0 Å². The van der Waals surface area contributed by atoms with Gasteiger partial charge in [-0.25, -0.2) is 0 Å². The zero-order chi connectivity index (χ0) is 0. The molecule has 0 radical (unpaired) electrons. The maximum atomic E-state index is 0.